The fourth-order valence-corrected chi connectivity index (χ4v) is 0.920. The van der Waals surface area contributed by atoms with Gasteiger partial charge in [-0.1, -0.05) is 11.6 Å². The van der Waals surface area contributed by atoms with Crippen molar-refractivity contribution in [3.05, 3.63) is 35.1 Å². The number of nitrogens with zero attached hydrogens (tertiary/aromatic N) is 2. The molecule has 0 atom stereocenters. The Morgan fingerprint density at radius 1 is 1.43 bits per heavy atom. The van der Waals surface area contributed by atoms with E-state index in [1.54, 1.807) is 12.1 Å². The number of halogens is 1. The molecule has 4 nitrogen and oxygen atoms in total. The van der Waals surface area contributed by atoms with Gasteiger partial charge in [-0.3, -0.25) is 0 Å². The van der Waals surface area contributed by atoms with Crippen molar-refractivity contribution in [3.63, 3.8) is 0 Å². The lowest BCUT2D eigenvalue weighted by Gasteiger charge is -1.96. The lowest BCUT2D eigenvalue weighted by Crippen LogP contribution is -2.21. The van der Waals surface area contributed by atoms with E-state index in [1.165, 1.54) is 12.3 Å². The van der Waals surface area contributed by atoms with Crippen molar-refractivity contribution < 1.29 is 4.39 Å². The maximum atomic E-state index is 13.1. The Balaban J connectivity index is 2.91. The molecule has 0 radical (unpaired) electrons. The fourth-order valence-electron chi connectivity index (χ4n) is 0.920. The summed E-state index contributed by atoms with van der Waals surface area (Å²) in [6, 6.07) is 4.69. The second kappa shape index (κ2) is 4.36. The number of benzene rings is 1. The predicted molar refractivity (Wildman–Crippen MR) is 54.5 cm³/mol. The minimum Gasteiger partial charge on any atom is -0.369 e. The first-order valence-corrected chi connectivity index (χ1v) is 3.97. The normalized spacial score (nSPS) is 10.4. The molecule has 74 valence electrons. The van der Waals surface area contributed by atoms with Gasteiger partial charge in [-0.05, 0) is 19.1 Å². The Kier molecular flexibility index (Phi) is 3.17. The molecular weight excluding hydrogens is 183 g/mol. The molecule has 0 aliphatic heterocycles. The van der Waals surface area contributed by atoms with Gasteiger partial charge in [-0.2, -0.15) is 5.10 Å². The molecule has 0 spiro atoms. The molecule has 0 saturated heterocycles. The van der Waals surface area contributed by atoms with E-state index in [9.17, 15) is 4.39 Å². The minimum atomic E-state index is -0.356. The second-order valence-corrected chi connectivity index (χ2v) is 2.79. The molecule has 0 fully saturated rings. The van der Waals surface area contributed by atoms with E-state index in [1.807, 2.05) is 6.92 Å². The molecule has 0 saturated carbocycles. The van der Waals surface area contributed by atoms with Gasteiger partial charge in [0, 0.05) is 5.56 Å². The average Bonchev–Trinajstić information content (AvgIpc) is 2.10. The van der Waals surface area contributed by atoms with Crippen molar-refractivity contribution in [2.75, 3.05) is 0 Å². The summed E-state index contributed by atoms with van der Waals surface area (Å²) >= 11 is 0. The summed E-state index contributed by atoms with van der Waals surface area (Å²) in [4.78, 5) is 0. The first kappa shape index (κ1) is 10.2. The van der Waals surface area contributed by atoms with Crippen LogP contribution in [0.3, 0.4) is 0 Å². The Morgan fingerprint density at radius 3 is 2.79 bits per heavy atom. The lowest BCUT2D eigenvalue weighted by molar-refractivity contribution is 0.625. The third-order valence-corrected chi connectivity index (χ3v) is 1.52. The van der Waals surface area contributed by atoms with Crippen LogP contribution in [-0.2, 0) is 0 Å². The SMILES string of the molecule is Cc1ccc(F)c(C=NN=C(N)N)c1. The van der Waals surface area contributed by atoms with Crippen LogP contribution in [0.5, 0.6) is 0 Å². The van der Waals surface area contributed by atoms with Crippen molar-refractivity contribution in [1.29, 1.82) is 0 Å². The molecule has 0 aliphatic carbocycles. The molecule has 0 aliphatic rings. The van der Waals surface area contributed by atoms with Crippen molar-refractivity contribution in [2.24, 2.45) is 21.7 Å². The van der Waals surface area contributed by atoms with Gasteiger partial charge < -0.3 is 11.5 Å². The second-order valence-electron chi connectivity index (χ2n) is 2.79. The molecule has 0 amide bonds. The van der Waals surface area contributed by atoms with Crippen molar-refractivity contribution in [2.45, 2.75) is 6.92 Å². The Labute approximate surface area is 81.1 Å². The number of aryl methyl sites for hydroxylation is 1. The van der Waals surface area contributed by atoms with Crippen molar-refractivity contribution in [3.8, 4) is 0 Å². The molecule has 1 aromatic rings. The van der Waals surface area contributed by atoms with Gasteiger partial charge in [0.05, 0.1) is 6.21 Å². The van der Waals surface area contributed by atoms with Gasteiger partial charge in [0.25, 0.3) is 0 Å². The summed E-state index contributed by atoms with van der Waals surface area (Å²) in [5.41, 5.74) is 11.4. The van der Waals surface area contributed by atoms with Crippen LogP contribution in [0.4, 0.5) is 4.39 Å². The quantitative estimate of drug-likeness (QED) is 0.414. The zero-order chi connectivity index (χ0) is 10.6. The minimum absolute atomic E-state index is 0.158. The van der Waals surface area contributed by atoms with Gasteiger partial charge in [0.15, 0.2) is 0 Å². The largest absolute Gasteiger partial charge is 0.369 e. The van der Waals surface area contributed by atoms with Gasteiger partial charge in [-0.15, -0.1) is 5.10 Å². The number of nitrogens with two attached hydrogens (primary N) is 2. The predicted octanol–water partition coefficient (Wildman–Crippen LogP) is 0.741. The van der Waals surface area contributed by atoms with Gasteiger partial charge in [-0.25, -0.2) is 4.39 Å². The average molecular weight is 194 g/mol. The first-order chi connectivity index (χ1) is 6.59. The van der Waals surface area contributed by atoms with Gasteiger partial charge in [0.2, 0.25) is 5.96 Å². The van der Waals surface area contributed by atoms with Crippen LogP contribution in [0, 0.1) is 12.7 Å². The molecular formula is C9H11FN4. The zero-order valence-corrected chi connectivity index (χ0v) is 7.74. The fraction of sp³-hybridized carbons (Fsp3) is 0.111. The highest BCUT2D eigenvalue weighted by Gasteiger charge is 1.97. The molecule has 14 heavy (non-hydrogen) atoms. The Hall–Kier alpha value is -1.91. The van der Waals surface area contributed by atoms with E-state index in [-0.39, 0.29) is 11.8 Å². The molecule has 0 bridgehead atoms. The summed E-state index contributed by atoms with van der Waals surface area (Å²) in [5, 5.41) is 6.88. The van der Waals surface area contributed by atoms with Crippen LogP contribution in [0.2, 0.25) is 0 Å². The number of hydrogen-bond donors (Lipinski definition) is 2. The van der Waals surface area contributed by atoms with Gasteiger partial charge >= 0.3 is 0 Å². The molecule has 0 aromatic heterocycles. The lowest BCUT2D eigenvalue weighted by atomic mass is 10.1. The molecule has 0 unspecified atom stereocenters. The standard InChI is InChI=1S/C9H11FN4/c1-6-2-3-8(10)7(4-6)5-13-14-9(11)12/h2-5H,1H3,(H4,11,12,14). The topological polar surface area (TPSA) is 76.8 Å². The van der Waals surface area contributed by atoms with Crippen LogP contribution < -0.4 is 11.5 Å². The summed E-state index contributed by atoms with van der Waals surface area (Å²) in [5.74, 6) is -0.514. The highest BCUT2D eigenvalue weighted by molar-refractivity contribution is 5.82. The van der Waals surface area contributed by atoms with E-state index in [0.29, 0.717) is 5.56 Å². The van der Waals surface area contributed by atoms with Crippen LogP contribution in [0.25, 0.3) is 0 Å². The van der Waals surface area contributed by atoms with E-state index in [2.05, 4.69) is 10.2 Å². The van der Waals surface area contributed by atoms with Crippen LogP contribution in [-0.4, -0.2) is 12.2 Å². The molecule has 5 heteroatoms. The summed E-state index contributed by atoms with van der Waals surface area (Å²) in [6.45, 7) is 1.86. The molecule has 4 N–H and O–H groups in total. The van der Waals surface area contributed by atoms with Crippen molar-refractivity contribution >= 4 is 12.2 Å². The van der Waals surface area contributed by atoms with Crippen LogP contribution >= 0.6 is 0 Å². The monoisotopic (exact) mass is 194 g/mol. The highest BCUT2D eigenvalue weighted by atomic mass is 19.1. The van der Waals surface area contributed by atoms with Gasteiger partial charge in [0.1, 0.15) is 5.82 Å². The number of hydrogen-bond acceptors (Lipinski definition) is 2. The third kappa shape index (κ3) is 2.85. The smallest absolute Gasteiger partial charge is 0.211 e. The molecule has 1 rings (SSSR count). The maximum absolute atomic E-state index is 13.1. The maximum Gasteiger partial charge on any atom is 0.211 e. The summed E-state index contributed by atoms with van der Waals surface area (Å²) in [7, 11) is 0. The van der Waals surface area contributed by atoms with Crippen LogP contribution in [0.1, 0.15) is 11.1 Å². The zero-order valence-electron chi connectivity index (χ0n) is 7.74. The van der Waals surface area contributed by atoms with E-state index >= 15 is 0 Å². The number of guanidine groups is 1. The van der Waals surface area contributed by atoms with E-state index < -0.39 is 0 Å². The number of rotatable bonds is 2. The third-order valence-electron chi connectivity index (χ3n) is 1.52. The Morgan fingerprint density at radius 2 is 2.14 bits per heavy atom. The molecule has 0 heterocycles. The first-order valence-electron chi connectivity index (χ1n) is 3.97. The van der Waals surface area contributed by atoms with Crippen LogP contribution in [0.15, 0.2) is 28.4 Å². The summed E-state index contributed by atoms with van der Waals surface area (Å²) < 4.78 is 13.1. The highest BCUT2D eigenvalue weighted by Crippen LogP contribution is 2.07. The van der Waals surface area contributed by atoms with E-state index in [4.69, 9.17) is 11.5 Å². The summed E-state index contributed by atoms with van der Waals surface area (Å²) in [6.07, 6.45) is 1.27. The Bertz CT molecular complexity index is 380. The molecule has 1 aromatic carbocycles. The van der Waals surface area contributed by atoms with Crippen molar-refractivity contribution in [1.82, 2.24) is 0 Å². The van der Waals surface area contributed by atoms with E-state index in [0.717, 1.165) is 5.56 Å².